The van der Waals surface area contributed by atoms with Crippen molar-refractivity contribution in [2.75, 3.05) is 39.6 Å². The minimum atomic E-state index is -4.94. The molecule has 0 aliphatic rings. The highest BCUT2D eigenvalue weighted by Crippen LogP contribution is 2.45. The van der Waals surface area contributed by atoms with Crippen molar-refractivity contribution < 1.29 is 75.8 Å². The number of carbonyl (C=O) groups is 3. The number of phosphoric ester groups is 2. The number of allylic oxidation sites excluding steroid dienone is 28. The maximum Gasteiger partial charge on any atom is 0.472 e. The van der Waals surface area contributed by atoms with E-state index in [1.807, 2.05) is 0 Å². The summed E-state index contributed by atoms with van der Waals surface area (Å²) in [6.45, 7) is 2.42. The van der Waals surface area contributed by atoms with Gasteiger partial charge in [0.2, 0.25) is 0 Å². The second-order valence-corrected chi connectivity index (χ2v) is 31.5. The number of carbonyl (C=O) groups excluding carboxylic acids is 3. The molecule has 0 saturated carbocycles. The van der Waals surface area contributed by atoms with Gasteiger partial charge in [-0.3, -0.25) is 32.5 Å². The predicted molar refractivity (Wildman–Crippen MR) is 463 cm³/mol. The highest BCUT2D eigenvalue weighted by Gasteiger charge is 2.29. The fourth-order valence-electron chi connectivity index (χ4n) is 11.4. The lowest BCUT2D eigenvalue weighted by molar-refractivity contribution is -0.161. The van der Waals surface area contributed by atoms with Gasteiger partial charge in [0.05, 0.1) is 26.4 Å². The summed E-state index contributed by atoms with van der Waals surface area (Å²) in [5.41, 5.74) is 0. The Labute approximate surface area is 675 Å². The molecule has 0 heterocycles. The fraction of sp³-hybridized carbons (Fsp3) is 0.667. The number of hydrogen-bond acceptors (Lipinski definition) is 14. The summed E-state index contributed by atoms with van der Waals surface area (Å²) in [7, 11) is -9.81. The molecular formula is C93H156O16P2. The lowest BCUT2D eigenvalue weighted by atomic mass is 10.0. The molecule has 4 N–H and O–H groups in total. The topological polar surface area (TPSA) is 231 Å². The Morgan fingerprint density at radius 3 is 0.757 bits per heavy atom. The number of phosphoric acid groups is 2. The molecule has 0 aliphatic carbocycles. The maximum absolute atomic E-state index is 13.0. The first kappa shape index (κ1) is 106. The second kappa shape index (κ2) is 84.3. The Morgan fingerprint density at radius 1 is 0.261 bits per heavy atom. The monoisotopic (exact) mass is 1590 g/mol. The Morgan fingerprint density at radius 2 is 0.477 bits per heavy atom. The van der Waals surface area contributed by atoms with Crippen LogP contribution in [0.5, 0.6) is 0 Å². The van der Waals surface area contributed by atoms with Gasteiger partial charge in [0.1, 0.15) is 25.4 Å². The van der Waals surface area contributed by atoms with Gasteiger partial charge >= 0.3 is 33.6 Å². The molecule has 0 bridgehead atoms. The van der Waals surface area contributed by atoms with E-state index in [-0.39, 0.29) is 19.3 Å². The molecule has 16 nitrogen and oxygen atoms in total. The lowest BCUT2D eigenvalue weighted by Crippen LogP contribution is -2.30. The normalized spacial score (nSPS) is 14.7. The largest absolute Gasteiger partial charge is 0.472 e. The average Bonchev–Trinajstić information content (AvgIpc) is 0.902. The van der Waals surface area contributed by atoms with Gasteiger partial charge in [0, 0.05) is 19.3 Å². The van der Waals surface area contributed by atoms with E-state index >= 15 is 0 Å². The number of ether oxygens (including phenoxy) is 3. The third-order valence-corrected chi connectivity index (χ3v) is 19.8. The summed E-state index contributed by atoms with van der Waals surface area (Å²) in [6.07, 6.45) is 108. The van der Waals surface area contributed by atoms with E-state index in [0.717, 1.165) is 186 Å². The van der Waals surface area contributed by atoms with Crippen LogP contribution in [0.15, 0.2) is 170 Å². The van der Waals surface area contributed by atoms with Crippen LogP contribution in [0.3, 0.4) is 0 Å². The zero-order chi connectivity index (χ0) is 80.8. The Hall–Kier alpha value is -5.09. The van der Waals surface area contributed by atoms with E-state index in [1.165, 1.54) is 96.3 Å². The van der Waals surface area contributed by atoms with E-state index in [9.17, 15) is 43.5 Å². The van der Waals surface area contributed by atoms with Crippen LogP contribution in [-0.2, 0) is 55.8 Å². The molecule has 0 fully saturated rings. The SMILES string of the molecule is CC/C=C\C/C=C\C/C=C\C/C=C\C/C=C\C/C=C\CCCCCCCCCCCCCCCCC(=O)OCC(O)COP(=O)(O)OCC(O)COP(=O)(O)OCC(COC(=O)CCCCCCCCCC/C=C\C/C=C\C/C=C\C/C=C\C/C=C\C/C=C\CC)OC(=O)CCCCCCC/C=C\C/C=C\CCCCC. The third-order valence-electron chi connectivity index (χ3n) is 17.9. The first-order chi connectivity index (χ1) is 54.2. The van der Waals surface area contributed by atoms with E-state index < -0.39 is 91.5 Å². The number of esters is 3. The smallest absolute Gasteiger partial charge is 0.463 e. The van der Waals surface area contributed by atoms with Crippen molar-refractivity contribution in [3.63, 3.8) is 0 Å². The lowest BCUT2D eigenvalue weighted by Gasteiger charge is -2.21. The van der Waals surface area contributed by atoms with E-state index in [4.69, 9.17) is 32.3 Å². The molecule has 5 atom stereocenters. The molecule has 111 heavy (non-hydrogen) atoms. The molecule has 0 saturated heterocycles. The maximum atomic E-state index is 13.0. The predicted octanol–water partition coefficient (Wildman–Crippen LogP) is 26.3. The van der Waals surface area contributed by atoms with Gasteiger partial charge < -0.3 is 34.2 Å². The van der Waals surface area contributed by atoms with Gasteiger partial charge in [0.25, 0.3) is 0 Å². The summed E-state index contributed by atoms with van der Waals surface area (Å²) in [6, 6.07) is 0. The van der Waals surface area contributed by atoms with Gasteiger partial charge in [-0.1, -0.05) is 339 Å². The average molecular weight is 1590 g/mol. The molecule has 0 radical (unpaired) electrons. The number of unbranched alkanes of at least 4 members (excludes halogenated alkanes) is 30. The molecule has 0 amide bonds. The molecule has 0 rings (SSSR count). The van der Waals surface area contributed by atoms with Crippen molar-refractivity contribution in [2.45, 2.75) is 360 Å². The van der Waals surface area contributed by atoms with Crippen molar-refractivity contribution >= 4 is 33.6 Å². The zero-order valence-corrected chi connectivity index (χ0v) is 71.4. The van der Waals surface area contributed by atoms with Crippen molar-refractivity contribution in [1.82, 2.24) is 0 Å². The second-order valence-electron chi connectivity index (χ2n) is 28.6. The molecular weight excluding hydrogens is 1430 g/mol. The van der Waals surface area contributed by atoms with Crippen molar-refractivity contribution in [3.05, 3.63) is 170 Å². The fourth-order valence-corrected chi connectivity index (χ4v) is 13.0. The van der Waals surface area contributed by atoms with Crippen LogP contribution in [0.4, 0.5) is 0 Å². The van der Waals surface area contributed by atoms with Gasteiger partial charge in [0.15, 0.2) is 6.10 Å². The van der Waals surface area contributed by atoms with Crippen LogP contribution in [0.2, 0.25) is 0 Å². The number of aliphatic hydroxyl groups excluding tert-OH is 2. The van der Waals surface area contributed by atoms with E-state index in [2.05, 4.69) is 191 Å². The molecule has 634 valence electrons. The molecule has 5 unspecified atom stereocenters. The minimum Gasteiger partial charge on any atom is -0.463 e. The van der Waals surface area contributed by atoms with Crippen LogP contribution < -0.4 is 0 Å². The van der Waals surface area contributed by atoms with Crippen LogP contribution >= 0.6 is 15.6 Å². The van der Waals surface area contributed by atoms with Crippen molar-refractivity contribution in [3.8, 4) is 0 Å². The van der Waals surface area contributed by atoms with Gasteiger partial charge in [-0.25, -0.2) is 9.13 Å². The summed E-state index contributed by atoms with van der Waals surface area (Å²) >= 11 is 0. The zero-order valence-electron chi connectivity index (χ0n) is 69.6. The Bertz CT molecular complexity index is 2700. The first-order valence-corrected chi connectivity index (χ1v) is 46.4. The number of hydrogen-bond donors (Lipinski definition) is 4. The highest BCUT2D eigenvalue weighted by atomic mass is 31.2. The van der Waals surface area contributed by atoms with Crippen molar-refractivity contribution in [2.24, 2.45) is 0 Å². The minimum absolute atomic E-state index is 0.0826. The molecule has 0 aliphatic heterocycles. The van der Waals surface area contributed by atoms with E-state index in [1.54, 1.807) is 0 Å². The highest BCUT2D eigenvalue weighted by molar-refractivity contribution is 7.47. The molecule has 0 aromatic heterocycles. The summed E-state index contributed by atoms with van der Waals surface area (Å²) in [5.74, 6) is -1.60. The summed E-state index contributed by atoms with van der Waals surface area (Å²) < 4.78 is 61.3. The number of aliphatic hydroxyl groups is 2. The molecule has 0 spiro atoms. The molecule has 0 aromatic rings. The standard InChI is InChI=1S/C93H156O16P2/c1-4-7-10-13-16-19-22-25-28-30-32-34-36-38-40-41-42-43-44-45-47-49-50-52-54-56-59-61-64-67-70-73-76-79-91(96)103-82-88(94)83-105-110(99,100)106-84-89(95)85-107-111(101,102)108-87-90(109-93(98)81-78-75-72-69-66-63-58-27-24-21-18-15-12-9-6-3)86-104-92(97)80-77-74-71-68-65-62-60-57-55-53-51-48-46-39-37-35-33-31-29-26-23-20-17-14-11-8-5-2/h7-8,10-11,16-21,25-29,32-35,38-40,42-43,46,51,53,58,88-90,94-95H,4-6,9,12-15,22-24,30-31,36-37,41,44-45,47-50,52,54-57,59-87H2,1-3H3,(H,99,100)(H,101,102)/b10-7-,11-8-,19-16-,20-17-,21-18-,28-25-,29-26-,34-32-,35-33-,40-38-,43-42-,46-39-,53-51-,58-27-. The van der Waals surface area contributed by atoms with E-state index in [0.29, 0.717) is 19.3 Å². The summed E-state index contributed by atoms with van der Waals surface area (Å²) in [5, 5.41) is 20.7. The first-order valence-electron chi connectivity index (χ1n) is 43.4. The molecule has 0 aromatic carbocycles. The van der Waals surface area contributed by atoms with Crippen LogP contribution in [0.25, 0.3) is 0 Å². The quantitative estimate of drug-likeness (QED) is 0.0146. The molecule has 18 heteroatoms. The third kappa shape index (κ3) is 85.6. The van der Waals surface area contributed by atoms with Crippen LogP contribution in [0.1, 0.15) is 342 Å². The number of rotatable bonds is 81. The van der Waals surface area contributed by atoms with Gasteiger partial charge in [-0.15, -0.1) is 0 Å². The van der Waals surface area contributed by atoms with Crippen LogP contribution in [-0.4, -0.2) is 95.9 Å². The van der Waals surface area contributed by atoms with Gasteiger partial charge in [-0.05, 0) is 154 Å². The van der Waals surface area contributed by atoms with Gasteiger partial charge in [-0.2, -0.15) is 0 Å². The van der Waals surface area contributed by atoms with Crippen LogP contribution in [0, 0.1) is 0 Å². The summed E-state index contributed by atoms with van der Waals surface area (Å²) in [4.78, 5) is 58.8. The van der Waals surface area contributed by atoms with Crippen molar-refractivity contribution in [1.29, 1.82) is 0 Å². The Balaban J connectivity index is 4.50. The Kier molecular flexibility index (Phi) is 80.4.